The molecule has 12 rings (SSSR count). The molecular weight excluding hydrogens is 815 g/mol. The predicted octanol–water partition coefficient (Wildman–Crippen LogP) is 18.7. The highest BCUT2D eigenvalue weighted by molar-refractivity contribution is 7.26. The molecule has 0 aliphatic rings. The molecule has 11 aromatic carbocycles. The minimum absolute atomic E-state index is 1.08. The lowest BCUT2D eigenvalue weighted by atomic mass is 9.93. The van der Waals surface area contributed by atoms with E-state index in [9.17, 15) is 0 Å². The lowest BCUT2D eigenvalue weighted by molar-refractivity contribution is 1.28. The van der Waals surface area contributed by atoms with Crippen LogP contribution in [0.3, 0.4) is 0 Å². The third-order valence-electron chi connectivity index (χ3n) is 12.8. The second-order valence-corrected chi connectivity index (χ2v) is 18.0. The van der Waals surface area contributed by atoms with Crippen molar-refractivity contribution in [2.24, 2.45) is 0 Å². The lowest BCUT2D eigenvalue weighted by Gasteiger charge is -2.28. The summed E-state index contributed by atoms with van der Waals surface area (Å²) in [5.41, 5.74) is 17.6. The average Bonchev–Trinajstić information content (AvgIpc) is 3.79. The van der Waals surface area contributed by atoms with Gasteiger partial charge in [-0.25, -0.2) is 0 Å². The van der Waals surface area contributed by atoms with Crippen molar-refractivity contribution in [1.82, 2.24) is 0 Å². The molecule has 1 nitrogen and oxygen atoms in total. The molecule has 1 heterocycles. The van der Waals surface area contributed by atoms with Gasteiger partial charge in [0.05, 0.1) is 5.69 Å². The van der Waals surface area contributed by atoms with Gasteiger partial charge in [0.1, 0.15) is 0 Å². The van der Waals surface area contributed by atoms with Crippen LogP contribution in [0.2, 0.25) is 0 Å². The summed E-state index contributed by atoms with van der Waals surface area (Å²) in [6, 6.07) is 95.1. The minimum Gasteiger partial charge on any atom is -0.310 e. The fraction of sp³-hybridized carbons (Fsp3) is 0. The van der Waals surface area contributed by atoms with Gasteiger partial charge in [0, 0.05) is 37.1 Å². The lowest BCUT2D eigenvalue weighted by Crippen LogP contribution is -2.11. The molecule has 0 fully saturated rings. The van der Waals surface area contributed by atoms with Gasteiger partial charge in [-0.2, -0.15) is 0 Å². The maximum absolute atomic E-state index is 2.41. The third-order valence-corrected chi connectivity index (χ3v) is 14.1. The summed E-state index contributed by atoms with van der Waals surface area (Å²) in [5, 5.41) is 5.10. The molecule has 0 aliphatic carbocycles. The molecule has 0 atom stereocenters. The second kappa shape index (κ2) is 17.0. The van der Waals surface area contributed by atoms with Gasteiger partial charge in [-0.1, -0.05) is 194 Å². The Bertz CT molecular complexity index is 3620. The Morgan fingerprint density at radius 2 is 0.712 bits per heavy atom. The zero-order chi connectivity index (χ0) is 43.8. The van der Waals surface area contributed by atoms with Crippen LogP contribution in [-0.4, -0.2) is 0 Å². The van der Waals surface area contributed by atoms with Crippen LogP contribution in [0.25, 0.3) is 97.7 Å². The van der Waals surface area contributed by atoms with Crippen LogP contribution < -0.4 is 4.90 Å². The Morgan fingerprint density at radius 1 is 0.258 bits per heavy atom. The Kier molecular flexibility index (Phi) is 10.1. The van der Waals surface area contributed by atoms with E-state index in [1.54, 1.807) is 0 Å². The first kappa shape index (κ1) is 39.3. The fourth-order valence-electron chi connectivity index (χ4n) is 9.53. The minimum atomic E-state index is 1.08. The van der Waals surface area contributed by atoms with E-state index in [0.29, 0.717) is 0 Å². The van der Waals surface area contributed by atoms with Gasteiger partial charge >= 0.3 is 0 Å². The van der Waals surface area contributed by atoms with E-state index in [1.807, 2.05) is 11.3 Å². The second-order valence-electron chi connectivity index (χ2n) is 16.9. The largest absolute Gasteiger partial charge is 0.310 e. The van der Waals surface area contributed by atoms with Gasteiger partial charge in [-0.05, 0) is 139 Å². The van der Waals surface area contributed by atoms with E-state index in [1.165, 1.54) is 92.1 Å². The Morgan fingerprint density at radius 3 is 1.41 bits per heavy atom. The van der Waals surface area contributed by atoms with Crippen molar-refractivity contribution in [1.29, 1.82) is 0 Å². The smallest absolute Gasteiger partial charge is 0.0540 e. The molecule has 0 radical (unpaired) electrons. The summed E-state index contributed by atoms with van der Waals surface area (Å²) in [4.78, 5) is 2.41. The first-order valence-corrected chi connectivity index (χ1v) is 23.4. The van der Waals surface area contributed by atoms with Crippen LogP contribution in [0, 0.1) is 0 Å². The molecule has 0 saturated carbocycles. The molecule has 0 unspecified atom stereocenters. The average molecular weight is 858 g/mol. The van der Waals surface area contributed by atoms with Crippen LogP contribution in [0.15, 0.2) is 261 Å². The molecular formula is C64H43NS. The monoisotopic (exact) mass is 857 g/mol. The van der Waals surface area contributed by atoms with Crippen LogP contribution in [0.5, 0.6) is 0 Å². The molecule has 66 heavy (non-hydrogen) atoms. The van der Waals surface area contributed by atoms with Crippen molar-refractivity contribution in [3.8, 4) is 66.8 Å². The number of hydrogen-bond donors (Lipinski definition) is 0. The summed E-state index contributed by atoms with van der Waals surface area (Å²) in [6.07, 6.45) is 0. The zero-order valence-electron chi connectivity index (χ0n) is 36.2. The number of para-hydroxylation sites is 1. The van der Waals surface area contributed by atoms with Crippen LogP contribution in [0.1, 0.15) is 0 Å². The third kappa shape index (κ3) is 7.44. The van der Waals surface area contributed by atoms with Crippen LogP contribution >= 0.6 is 11.3 Å². The summed E-state index contributed by atoms with van der Waals surface area (Å²) in [6.45, 7) is 0. The highest BCUT2D eigenvalue weighted by Gasteiger charge is 2.19. The number of fused-ring (bicyclic) bond motifs is 4. The highest BCUT2D eigenvalue weighted by atomic mass is 32.1. The van der Waals surface area contributed by atoms with E-state index in [0.717, 1.165) is 22.6 Å². The van der Waals surface area contributed by atoms with Crippen molar-refractivity contribution in [3.63, 3.8) is 0 Å². The van der Waals surface area contributed by atoms with E-state index in [4.69, 9.17) is 0 Å². The molecule has 0 bridgehead atoms. The molecule has 12 aromatic rings. The number of thiophene rings is 1. The van der Waals surface area contributed by atoms with Gasteiger partial charge in [0.2, 0.25) is 0 Å². The number of nitrogens with zero attached hydrogens (tertiary/aromatic N) is 1. The number of benzene rings is 11. The Balaban J connectivity index is 0.951. The maximum Gasteiger partial charge on any atom is 0.0540 e. The molecule has 2 heteroatoms. The van der Waals surface area contributed by atoms with Gasteiger partial charge in [0.25, 0.3) is 0 Å². The van der Waals surface area contributed by atoms with Crippen LogP contribution in [-0.2, 0) is 0 Å². The Labute approximate surface area is 389 Å². The maximum atomic E-state index is 2.41. The summed E-state index contributed by atoms with van der Waals surface area (Å²) >= 11 is 1.88. The van der Waals surface area contributed by atoms with Crippen molar-refractivity contribution in [2.75, 3.05) is 4.90 Å². The van der Waals surface area contributed by atoms with Gasteiger partial charge in [-0.3, -0.25) is 0 Å². The number of hydrogen-bond acceptors (Lipinski definition) is 2. The highest BCUT2D eigenvalue weighted by Crippen LogP contribution is 2.44. The quantitative estimate of drug-likeness (QED) is 0.140. The molecule has 0 aliphatic heterocycles. The van der Waals surface area contributed by atoms with Crippen LogP contribution in [0.4, 0.5) is 17.1 Å². The topological polar surface area (TPSA) is 3.24 Å². The van der Waals surface area contributed by atoms with Gasteiger partial charge in [0.15, 0.2) is 0 Å². The van der Waals surface area contributed by atoms with Crippen molar-refractivity contribution < 1.29 is 0 Å². The normalized spacial score (nSPS) is 11.3. The first-order valence-electron chi connectivity index (χ1n) is 22.6. The van der Waals surface area contributed by atoms with Gasteiger partial charge in [-0.15, -0.1) is 11.3 Å². The fourth-order valence-corrected chi connectivity index (χ4v) is 10.8. The van der Waals surface area contributed by atoms with Crippen molar-refractivity contribution in [2.45, 2.75) is 0 Å². The summed E-state index contributed by atoms with van der Waals surface area (Å²) < 4.78 is 2.65. The first-order chi connectivity index (χ1) is 32.7. The molecule has 0 amide bonds. The molecule has 0 spiro atoms. The molecule has 1 aromatic heterocycles. The van der Waals surface area contributed by atoms with Gasteiger partial charge < -0.3 is 4.90 Å². The van der Waals surface area contributed by atoms with E-state index in [2.05, 4.69) is 266 Å². The summed E-state index contributed by atoms with van der Waals surface area (Å²) in [5.74, 6) is 0. The summed E-state index contributed by atoms with van der Waals surface area (Å²) in [7, 11) is 0. The van der Waals surface area contributed by atoms with E-state index < -0.39 is 0 Å². The van der Waals surface area contributed by atoms with E-state index in [-0.39, 0.29) is 0 Å². The predicted molar refractivity (Wildman–Crippen MR) is 284 cm³/mol. The molecule has 0 N–H and O–H groups in total. The standard InChI is InChI=1S/C64H43NS/c1-3-15-44(16-4-1)53-41-54(45-17-5-2-6-18-45)43-55(42-53)48-33-37-57(38-34-48)65(62-27-11-9-23-58(62)52-30-29-46-19-7-8-20-49(46)40-52)56-35-31-47(32-36-56)50-21-13-22-51(39-50)59-25-14-26-61-60-24-10-12-28-63(60)66-64(59)61/h1-43H. The molecule has 310 valence electrons. The SMILES string of the molecule is c1ccc(-c2cc(-c3ccccc3)cc(-c3ccc(N(c4ccc(-c5cccc(-c6cccc7c6sc6ccccc67)c5)cc4)c4ccccc4-c4ccc5ccccc5c4)cc3)c2)cc1. The zero-order valence-corrected chi connectivity index (χ0v) is 37.0. The number of rotatable bonds is 9. The number of anilines is 3. The van der Waals surface area contributed by atoms with Crippen molar-refractivity contribution >= 4 is 59.3 Å². The van der Waals surface area contributed by atoms with Crippen molar-refractivity contribution in [3.05, 3.63) is 261 Å². The molecule has 0 saturated heterocycles. The Hall–Kier alpha value is -8.30. The van der Waals surface area contributed by atoms with E-state index >= 15 is 0 Å².